The average Bonchev–Trinajstić information content (AvgIpc) is 2.17. The van der Waals surface area contributed by atoms with Gasteiger partial charge < -0.3 is 5.32 Å². The maximum absolute atomic E-state index is 3.20. The highest BCUT2D eigenvalue weighted by Crippen LogP contribution is 2.25. The lowest BCUT2D eigenvalue weighted by atomic mass is 9.96. The van der Waals surface area contributed by atoms with Gasteiger partial charge in [0.25, 0.3) is 0 Å². The zero-order valence-corrected chi connectivity index (χ0v) is 7.30. The largest absolute Gasteiger partial charge is 0.388 e. The molecule has 0 unspecified atom stereocenters. The molecule has 0 fully saturated rings. The minimum atomic E-state index is 1.18. The van der Waals surface area contributed by atoms with Gasteiger partial charge >= 0.3 is 0 Å². The van der Waals surface area contributed by atoms with Crippen molar-refractivity contribution in [3.8, 4) is 0 Å². The normalized spacial score (nSPS) is 14.1. The molecule has 2 rings (SSSR count). The van der Waals surface area contributed by atoms with Crippen LogP contribution in [0.3, 0.4) is 0 Å². The number of aryl methyl sites for hydroxylation is 1. The Morgan fingerprint density at radius 3 is 3.08 bits per heavy atom. The molecule has 1 heteroatoms. The molecule has 62 valence electrons. The second-order valence-corrected chi connectivity index (χ2v) is 3.07. The molecule has 0 heterocycles. The van der Waals surface area contributed by atoms with Crippen molar-refractivity contribution < 1.29 is 0 Å². The van der Waals surface area contributed by atoms with Gasteiger partial charge in [-0.2, -0.15) is 0 Å². The molecule has 0 bridgehead atoms. The van der Waals surface area contributed by atoms with E-state index in [9.17, 15) is 0 Å². The van der Waals surface area contributed by atoms with Crippen LogP contribution in [-0.2, 0) is 6.42 Å². The Kier molecular flexibility index (Phi) is 1.86. The SMILES string of the molecule is CNc1cccc2c1C=CCC2. The van der Waals surface area contributed by atoms with E-state index < -0.39 is 0 Å². The van der Waals surface area contributed by atoms with Crippen molar-refractivity contribution in [3.63, 3.8) is 0 Å². The van der Waals surface area contributed by atoms with E-state index in [0.29, 0.717) is 0 Å². The highest BCUT2D eigenvalue weighted by atomic mass is 14.8. The van der Waals surface area contributed by atoms with Crippen molar-refractivity contribution in [2.75, 3.05) is 12.4 Å². The first kappa shape index (κ1) is 7.41. The molecular formula is C11H13N. The van der Waals surface area contributed by atoms with Gasteiger partial charge in [-0.1, -0.05) is 24.3 Å². The first-order chi connectivity index (χ1) is 5.92. The molecule has 0 amide bonds. The molecular weight excluding hydrogens is 146 g/mol. The van der Waals surface area contributed by atoms with Crippen molar-refractivity contribution in [1.82, 2.24) is 0 Å². The number of fused-ring (bicyclic) bond motifs is 1. The summed E-state index contributed by atoms with van der Waals surface area (Å²) in [5.74, 6) is 0. The third-order valence-electron chi connectivity index (χ3n) is 2.33. The molecule has 1 N–H and O–H groups in total. The molecule has 1 nitrogen and oxygen atoms in total. The third-order valence-corrected chi connectivity index (χ3v) is 2.33. The van der Waals surface area contributed by atoms with Gasteiger partial charge in [-0.15, -0.1) is 0 Å². The summed E-state index contributed by atoms with van der Waals surface area (Å²) < 4.78 is 0. The lowest BCUT2D eigenvalue weighted by Crippen LogP contribution is -1.98. The van der Waals surface area contributed by atoms with Crippen LogP contribution in [0.25, 0.3) is 6.08 Å². The summed E-state index contributed by atoms with van der Waals surface area (Å²) in [4.78, 5) is 0. The Bertz CT molecular complexity index is 313. The summed E-state index contributed by atoms with van der Waals surface area (Å²) in [6.07, 6.45) is 6.81. The number of hydrogen-bond acceptors (Lipinski definition) is 1. The Hall–Kier alpha value is -1.24. The molecule has 1 aliphatic carbocycles. The van der Waals surface area contributed by atoms with Crippen molar-refractivity contribution in [2.45, 2.75) is 12.8 Å². The van der Waals surface area contributed by atoms with E-state index in [2.05, 4.69) is 35.7 Å². The lowest BCUT2D eigenvalue weighted by molar-refractivity contribution is 0.986. The van der Waals surface area contributed by atoms with Gasteiger partial charge in [0.15, 0.2) is 0 Å². The van der Waals surface area contributed by atoms with E-state index in [0.717, 1.165) is 0 Å². The molecule has 12 heavy (non-hydrogen) atoms. The molecule has 0 saturated carbocycles. The standard InChI is InChI=1S/C11H13N/c1-12-11-8-4-6-9-5-2-3-7-10(9)11/h3-4,6-8,12H,2,5H2,1H3. The van der Waals surface area contributed by atoms with Crippen molar-refractivity contribution in [3.05, 3.63) is 35.4 Å². The van der Waals surface area contributed by atoms with Crippen LogP contribution in [0.15, 0.2) is 24.3 Å². The summed E-state index contributed by atoms with van der Waals surface area (Å²) in [6.45, 7) is 0. The predicted molar refractivity (Wildman–Crippen MR) is 53.3 cm³/mol. The number of anilines is 1. The molecule has 0 spiro atoms. The van der Waals surface area contributed by atoms with E-state index in [1.54, 1.807) is 0 Å². The van der Waals surface area contributed by atoms with Gasteiger partial charge in [0, 0.05) is 18.3 Å². The Balaban J connectivity index is 2.54. The van der Waals surface area contributed by atoms with E-state index in [4.69, 9.17) is 0 Å². The maximum Gasteiger partial charge on any atom is 0.0413 e. The molecule has 0 atom stereocenters. The topological polar surface area (TPSA) is 12.0 Å². The van der Waals surface area contributed by atoms with Crippen LogP contribution in [0.4, 0.5) is 5.69 Å². The van der Waals surface area contributed by atoms with Gasteiger partial charge in [0.1, 0.15) is 0 Å². The maximum atomic E-state index is 3.20. The average molecular weight is 159 g/mol. The van der Waals surface area contributed by atoms with Crippen LogP contribution in [0, 0.1) is 0 Å². The fourth-order valence-corrected chi connectivity index (χ4v) is 1.69. The van der Waals surface area contributed by atoms with Gasteiger partial charge in [-0.3, -0.25) is 0 Å². The van der Waals surface area contributed by atoms with Crippen molar-refractivity contribution >= 4 is 11.8 Å². The highest BCUT2D eigenvalue weighted by molar-refractivity contribution is 5.70. The van der Waals surface area contributed by atoms with Gasteiger partial charge in [-0.25, -0.2) is 0 Å². The van der Waals surface area contributed by atoms with E-state index in [1.165, 1.54) is 29.7 Å². The smallest absolute Gasteiger partial charge is 0.0413 e. The van der Waals surface area contributed by atoms with Gasteiger partial charge in [-0.05, 0) is 24.5 Å². The minimum Gasteiger partial charge on any atom is -0.388 e. The predicted octanol–water partition coefficient (Wildman–Crippen LogP) is 2.69. The number of rotatable bonds is 1. The van der Waals surface area contributed by atoms with Crippen LogP contribution in [-0.4, -0.2) is 7.05 Å². The Morgan fingerprint density at radius 1 is 1.33 bits per heavy atom. The summed E-state index contributed by atoms with van der Waals surface area (Å²) in [5, 5.41) is 3.20. The third kappa shape index (κ3) is 1.11. The number of allylic oxidation sites excluding steroid dienone is 1. The van der Waals surface area contributed by atoms with Gasteiger partial charge in [0.05, 0.1) is 0 Å². The monoisotopic (exact) mass is 159 g/mol. The summed E-state index contributed by atoms with van der Waals surface area (Å²) in [6, 6.07) is 6.44. The number of hydrogen-bond donors (Lipinski definition) is 1. The molecule has 0 radical (unpaired) electrons. The Morgan fingerprint density at radius 2 is 2.25 bits per heavy atom. The minimum absolute atomic E-state index is 1.18. The van der Waals surface area contributed by atoms with Crippen molar-refractivity contribution in [1.29, 1.82) is 0 Å². The number of nitrogens with one attached hydrogen (secondary N) is 1. The van der Waals surface area contributed by atoms with Crippen LogP contribution >= 0.6 is 0 Å². The molecule has 0 saturated heterocycles. The van der Waals surface area contributed by atoms with Crippen molar-refractivity contribution in [2.24, 2.45) is 0 Å². The second-order valence-electron chi connectivity index (χ2n) is 3.07. The van der Waals surface area contributed by atoms with Gasteiger partial charge in [0.2, 0.25) is 0 Å². The second kappa shape index (κ2) is 3.02. The van der Waals surface area contributed by atoms with Crippen LogP contribution in [0.1, 0.15) is 17.5 Å². The Labute approximate surface area is 73.1 Å². The summed E-state index contributed by atoms with van der Waals surface area (Å²) in [5.41, 5.74) is 4.07. The molecule has 1 aromatic carbocycles. The van der Waals surface area contributed by atoms with Crippen LogP contribution in [0.5, 0.6) is 0 Å². The highest BCUT2D eigenvalue weighted by Gasteiger charge is 2.06. The summed E-state index contributed by atoms with van der Waals surface area (Å²) >= 11 is 0. The number of benzene rings is 1. The molecule has 0 aromatic heterocycles. The fraction of sp³-hybridized carbons (Fsp3) is 0.273. The molecule has 1 aliphatic rings. The van der Waals surface area contributed by atoms with Crippen LogP contribution in [0.2, 0.25) is 0 Å². The molecule has 1 aromatic rings. The first-order valence-electron chi connectivity index (χ1n) is 4.38. The van der Waals surface area contributed by atoms with Crippen LogP contribution < -0.4 is 5.32 Å². The van der Waals surface area contributed by atoms with E-state index in [-0.39, 0.29) is 0 Å². The summed E-state index contributed by atoms with van der Waals surface area (Å²) in [7, 11) is 1.97. The zero-order chi connectivity index (χ0) is 8.39. The lowest BCUT2D eigenvalue weighted by Gasteiger charge is -2.13. The quantitative estimate of drug-likeness (QED) is 0.664. The first-order valence-corrected chi connectivity index (χ1v) is 4.38. The molecule has 0 aliphatic heterocycles. The van der Waals surface area contributed by atoms with E-state index >= 15 is 0 Å². The van der Waals surface area contributed by atoms with E-state index in [1.807, 2.05) is 7.05 Å². The zero-order valence-electron chi connectivity index (χ0n) is 7.30. The fourth-order valence-electron chi connectivity index (χ4n) is 1.69.